The van der Waals surface area contributed by atoms with E-state index >= 15 is 0 Å². The Morgan fingerprint density at radius 1 is 1.33 bits per heavy atom. The van der Waals surface area contributed by atoms with Gasteiger partial charge in [0.25, 0.3) is 5.91 Å². The van der Waals surface area contributed by atoms with Crippen LogP contribution in [0.5, 0.6) is 0 Å². The van der Waals surface area contributed by atoms with E-state index < -0.39 is 0 Å². The van der Waals surface area contributed by atoms with E-state index in [4.69, 9.17) is 5.73 Å². The number of nitrogens with zero attached hydrogens (tertiary/aromatic N) is 1. The largest absolute Gasteiger partial charge is 0.349 e. The van der Waals surface area contributed by atoms with Gasteiger partial charge < -0.3 is 11.1 Å². The molecule has 0 saturated heterocycles. The third-order valence-corrected chi connectivity index (χ3v) is 3.69. The molecule has 4 heteroatoms. The second kappa shape index (κ2) is 6.68. The summed E-state index contributed by atoms with van der Waals surface area (Å²) in [5, 5.41) is 3.99. The van der Waals surface area contributed by atoms with Crippen LogP contribution in [0.25, 0.3) is 10.9 Å². The maximum Gasteiger partial charge on any atom is 0.252 e. The smallest absolute Gasteiger partial charge is 0.252 e. The van der Waals surface area contributed by atoms with E-state index in [1.54, 1.807) is 0 Å². The van der Waals surface area contributed by atoms with Crippen LogP contribution >= 0.6 is 0 Å². The normalized spacial score (nSPS) is 12.6. The lowest BCUT2D eigenvalue weighted by Gasteiger charge is -2.22. The molecule has 2 aromatic rings. The van der Waals surface area contributed by atoms with Gasteiger partial charge >= 0.3 is 0 Å². The second-order valence-corrected chi connectivity index (χ2v) is 5.73. The highest BCUT2D eigenvalue weighted by Crippen LogP contribution is 2.19. The number of fused-ring (bicyclic) bond motifs is 1. The summed E-state index contributed by atoms with van der Waals surface area (Å²) in [7, 11) is 0. The summed E-state index contributed by atoms with van der Waals surface area (Å²) in [6, 6.07) is 9.66. The fourth-order valence-electron chi connectivity index (χ4n) is 2.49. The summed E-state index contributed by atoms with van der Waals surface area (Å²) in [6.45, 7) is 6.66. The summed E-state index contributed by atoms with van der Waals surface area (Å²) in [4.78, 5) is 17.1. The zero-order valence-electron chi connectivity index (χ0n) is 12.9. The molecule has 3 N–H and O–H groups in total. The first-order valence-electron chi connectivity index (χ1n) is 7.40. The Labute approximate surface area is 125 Å². The molecule has 21 heavy (non-hydrogen) atoms. The number of nitrogens with two attached hydrogens (primary N) is 1. The fourth-order valence-corrected chi connectivity index (χ4v) is 2.49. The quantitative estimate of drug-likeness (QED) is 0.887. The monoisotopic (exact) mass is 285 g/mol. The van der Waals surface area contributed by atoms with Crippen LogP contribution in [0.1, 0.15) is 36.3 Å². The fraction of sp³-hybridized carbons (Fsp3) is 0.412. The third kappa shape index (κ3) is 3.58. The van der Waals surface area contributed by atoms with Gasteiger partial charge in [0.2, 0.25) is 0 Å². The molecule has 1 atom stereocenters. The molecule has 2 rings (SSSR count). The van der Waals surface area contributed by atoms with E-state index in [9.17, 15) is 4.79 Å². The van der Waals surface area contributed by atoms with Crippen LogP contribution in [-0.2, 0) is 0 Å². The van der Waals surface area contributed by atoms with Crippen molar-refractivity contribution in [1.82, 2.24) is 10.3 Å². The molecule has 0 fully saturated rings. The van der Waals surface area contributed by atoms with E-state index in [0.29, 0.717) is 18.0 Å². The van der Waals surface area contributed by atoms with Gasteiger partial charge in [0.05, 0.1) is 11.1 Å². The van der Waals surface area contributed by atoms with Gasteiger partial charge in [-0.3, -0.25) is 9.78 Å². The number of hydrogen-bond acceptors (Lipinski definition) is 3. The summed E-state index contributed by atoms with van der Waals surface area (Å²) in [5.74, 6) is 0.301. The molecule has 0 aliphatic heterocycles. The minimum Gasteiger partial charge on any atom is -0.349 e. The molecule has 1 aromatic heterocycles. The summed E-state index contributed by atoms with van der Waals surface area (Å²) in [6.07, 6.45) is 0.783. The molecule has 0 aliphatic carbocycles. The van der Waals surface area contributed by atoms with Gasteiger partial charge in [-0.1, -0.05) is 32.0 Å². The number of amides is 1. The molecule has 1 amide bonds. The molecular weight excluding hydrogens is 262 g/mol. The molecule has 0 spiro atoms. The minimum absolute atomic E-state index is 0.0520. The zero-order valence-corrected chi connectivity index (χ0v) is 12.9. The van der Waals surface area contributed by atoms with Gasteiger partial charge in [-0.25, -0.2) is 0 Å². The van der Waals surface area contributed by atoms with Crippen LogP contribution in [0, 0.1) is 12.8 Å². The standard InChI is InChI=1S/C17H23N3O/c1-11(2)15(8-9-18)20-17(21)14-10-12(3)19-16-7-5-4-6-13(14)16/h4-7,10-11,15H,8-9,18H2,1-3H3,(H,20,21). The Balaban J connectivity index is 2.34. The van der Waals surface area contributed by atoms with Crippen LogP contribution in [0.3, 0.4) is 0 Å². The van der Waals surface area contributed by atoms with Crippen LogP contribution in [-0.4, -0.2) is 23.5 Å². The van der Waals surface area contributed by atoms with Gasteiger partial charge in [-0.2, -0.15) is 0 Å². The van der Waals surface area contributed by atoms with Crippen LogP contribution in [0.4, 0.5) is 0 Å². The number of nitrogens with one attached hydrogen (secondary N) is 1. The van der Waals surface area contributed by atoms with E-state index in [-0.39, 0.29) is 11.9 Å². The Morgan fingerprint density at radius 2 is 2.05 bits per heavy atom. The number of pyridine rings is 1. The van der Waals surface area contributed by atoms with Crippen molar-refractivity contribution in [3.05, 3.63) is 41.6 Å². The maximum atomic E-state index is 12.6. The molecule has 0 aliphatic rings. The summed E-state index contributed by atoms with van der Waals surface area (Å²) >= 11 is 0. The first kappa shape index (κ1) is 15.4. The molecule has 112 valence electrons. The lowest BCUT2D eigenvalue weighted by atomic mass is 9.99. The summed E-state index contributed by atoms with van der Waals surface area (Å²) in [5.41, 5.74) is 8.01. The number of benzene rings is 1. The molecule has 1 unspecified atom stereocenters. The van der Waals surface area contributed by atoms with Crippen molar-refractivity contribution in [2.24, 2.45) is 11.7 Å². The predicted molar refractivity (Wildman–Crippen MR) is 86.2 cm³/mol. The first-order chi connectivity index (χ1) is 10.0. The minimum atomic E-state index is -0.0520. The maximum absolute atomic E-state index is 12.6. The lowest BCUT2D eigenvalue weighted by molar-refractivity contribution is 0.0925. The van der Waals surface area contributed by atoms with E-state index in [2.05, 4.69) is 24.1 Å². The van der Waals surface area contributed by atoms with E-state index in [0.717, 1.165) is 23.0 Å². The molecule has 4 nitrogen and oxygen atoms in total. The van der Waals surface area contributed by atoms with Gasteiger partial charge in [0.15, 0.2) is 0 Å². The van der Waals surface area contributed by atoms with Crippen molar-refractivity contribution in [2.75, 3.05) is 6.54 Å². The Bertz CT molecular complexity index is 637. The van der Waals surface area contributed by atoms with E-state index in [1.165, 1.54) is 0 Å². The number of rotatable bonds is 5. The Morgan fingerprint density at radius 3 is 2.71 bits per heavy atom. The number of para-hydroxylation sites is 1. The van der Waals surface area contributed by atoms with Crippen molar-refractivity contribution in [2.45, 2.75) is 33.2 Å². The number of carbonyl (C=O) groups is 1. The number of hydrogen-bond donors (Lipinski definition) is 2. The van der Waals surface area contributed by atoms with E-state index in [1.807, 2.05) is 37.3 Å². The Hall–Kier alpha value is -1.94. The first-order valence-corrected chi connectivity index (χ1v) is 7.40. The van der Waals surface area contributed by atoms with Gasteiger partial charge in [-0.15, -0.1) is 0 Å². The number of carbonyl (C=O) groups excluding carboxylic acids is 1. The molecular formula is C17H23N3O. The molecule has 0 radical (unpaired) electrons. The topological polar surface area (TPSA) is 68.0 Å². The number of aromatic nitrogens is 1. The average molecular weight is 285 g/mol. The molecule has 1 aromatic carbocycles. The SMILES string of the molecule is Cc1cc(C(=O)NC(CCN)C(C)C)c2ccccc2n1. The molecule has 1 heterocycles. The van der Waals surface area contributed by atoms with Crippen LogP contribution in [0.2, 0.25) is 0 Å². The van der Waals surface area contributed by atoms with Gasteiger partial charge in [0.1, 0.15) is 0 Å². The Kier molecular flexibility index (Phi) is 4.91. The van der Waals surface area contributed by atoms with Crippen molar-refractivity contribution in [3.8, 4) is 0 Å². The average Bonchev–Trinajstić information content (AvgIpc) is 2.45. The highest BCUT2D eigenvalue weighted by atomic mass is 16.1. The van der Waals surface area contributed by atoms with Crippen molar-refractivity contribution in [3.63, 3.8) is 0 Å². The third-order valence-electron chi connectivity index (χ3n) is 3.69. The predicted octanol–water partition coefficient (Wildman–Crippen LogP) is 2.65. The van der Waals surface area contributed by atoms with Gasteiger partial charge in [0, 0.05) is 17.1 Å². The van der Waals surface area contributed by atoms with Crippen LogP contribution < -0.4 is 11.1 Å². The number of aryl methyl sites for hydroxylation is 1. The van der Waals surface area contributed by atoms with Crippen molar-refractivity contribution >= 4 is 16.8 Å². The van der Waals surface area contributed by atoms with Crippen molar-refractivity contribution in [1.29, 1.82) is 0 Å². The highest BCUT2D eigenvalue weighted by Gasteiger charge is 2.18. The molecule has 0 saturated carbocycles. The lowest BCUT2D eigenvalue weighted by Crippen LogP contribution is -2.40. The van der Waals surface area contributed by atoms with Gasteiger partial charge in [-0.05, 0) is 37.9 Å². The van der Waals surface area contributed by atoms with Crippen LogP contribution in [0.15, 0.2) is 30.3 Å². The highest BCUT2D eigenvalue weighted by molar-refractivity contribution is 6.06. The summed E-state index contributed by atoms with van der Waals surface area (Å²) < 4.78 is 0. The second-order valence-electron chi connectivity index (χ2n) is 5.73. The van der Waals surface area contributed by atoms with Crippen molar-refractivity contribution < 1.29 is 4.79 Å². The molecule has 0 bridgehead atoms. The zero-order chi connectivity index (χ0) is 15.4.